The molecular formula is C25H29FN2O6S. The van der Waals surface area contributed by atoms with Gasteiger partial charge >= 0.3 is 5.97 Å². The summed E-state index contributed by atoms with van der Waals surface area (Å²) in [5, 5.41) is 10.7. The molecule has 2 aromatic rings. The molecule has 2 fully saturated rings. The van der Waals surface area contributed by atoms with E-state index in [4.69, 9.17) is 9.84 Å². The van der Waals surface area contributed by atoms with Gasteiger partial charge in [-0.3, -0.25) is 9.59 Å². The summed E-state index contributed by atoms with van der Waals surface area (Å²) in [5.74, 6) is -2.25. The number of benzene rings is 2. The number of nitrogens with one attached hydrogen (secondary N) is 1. The van der Waals surface area contributed by atoms with Gasteiger partial charge in [0.05, 0.1) is 5.41 Å². The van der Waals surface area contributed by atoms with E-state index in [1.807, 2.05) is 6.07 Å². The zero-order valence-corrected chi connectivity index (χ0v) is 20.1. The zero-order chi connectivity index (χ0) is 25.1. The number of carbonyl (C=O) groups excluding carboxylic acids is 1. The summed E-state index contributed by atoms with van der Waals surface area (Å²) in [5.41, 5.74) is 0.262. The van der Waals surface area contributed by atoms with Crippen LogP contribution in [0.4, 0.5) is 4.39 Å². The highest BCUT2D eigenvalue weighted by Crippen LogP contribution is 2.38. The van der Waals surface area contributed by atoms with Gasteiger partial charge in [-0.1, -0.05) is 42.5 Å². The molecule has 35 heavy (non-hydrogen) atoms. The van der Waals surface area contributed by atoms with E-state index in [1.165, 1.54) is 16.4 Å². The van der Waals surface area contributed by atoms with Crippen molar-refractivity contribution in [3.8, 4) is 0 Å². The predicted molar refractivity (Wildman–Crippen MR) is 127 cm³/mol. The van der Waals surface area contributed by atoms with E-state index in [0.717, 1.165) is 5.56 Å². The summed E-state index contributed by atoms with van der Waals surface area (Å²) in [6.45, 7) is 0.260. The van der Waals surface area contributed by atoms with Gasteiger partial charge in [-0.2, -0.15) is 4.31 Å². The molecule has 4 rings (SSSR count). The molecule has 2 heterocycles. The standard InChI is InChI=1S/C25H29FN2O6S/c26-21-15-20(25(10-13-34-14-11-25)24(31)27-16-23(29)30)9-8-19(21)17-28-12-4-7-22(35(28,32)33)18-5-2-1-3-6-18/h1-3,5-6,8-9,15,22H,4,7,10-14,16-17H2,(H,27,31)(H,29,30)/t22-/m1/s1. The molecule has 2 aliphatic rings. The van der Waals surface area contributed by atoms with Gasteiger partial charge in [-0.15, -0.1) is 0 Å². The molecule has 10 heteroatoms. The van der Waals surface area contributed by atoms with Crippen molar-refractivity contribution >= 4 is 21.9 Å². The first kappa shape index (κ1) is 25.3. The number of rotatable bonds is 7. The van der Waals surface area contributed by atoms with Crippen LogP contribution in [0.2, 0.25) is 0 Å². The fraction of sp³-hybridized carbons (Fsp3) is 0.440. The largest absolute Gasteiger partial charge is 0.480 e. The predicted octanol–water partition coefficient (Wildman–Crippen LogP) is 2.74. The maximum Gasteiger partial charge on any atom is 0.322 e. The van der Waals surface area contributed by atoms with Crippen LogP contribution in [-0.2, 0) is 36.3 Å². The van der Waals surface area contributed by atoms with Crippen LogP contribution in [0.5, 0.6) is 0 Å². The third kappa shape index (κ3) is 5.24. The van der Waals surface area contributed by atoms with Gasteiger partial charge in [0, 0.05) is 31.9 Å². The fourth-order valence-electron chi connectivity index (χ4n) is 4.94. The van der Waals surface area contributed by atoms with Crippen LogP contribution in [-0.4, -0.2) is 56.0 Å². The minimum atomic E-state index is -3.67. The Kier molecular flexibility index (Phi) is 7.53. The molecule has 1 amide bonds. The molecule has 0 aromatic heterocycles. The second-order valence-corrected chi connectivity index (χ2v) is 11.1. The van der Waals surface area contributed by atoms with Crippen LogP contribution in [0.15, 0.2) is 48.5 Å². The van der Waals surface area contributed by atoms with Crippen LogP contribution >= 0.6 is 0 Å². The third-order valence-corrected chi connectivity index (χ3v) is 9.16. The summed E-state index contributed by atoms with van der Waals surface area (Å²) in [7, 11) is -3.67. The van der Waals surface area contributed by atoms with Crippen molar-refractivity contribution in [3.05, 3.63) is 71.0 Å². The molecule has 8 nitrogen and oxygen atoms in total. The topological polar surface area (TPSA) is 113 Å². The Balaban J connectivity index is 1.57. The Morgan fingerprint density at radius 1 is 1.14 bits per heavy atom. The SMILES string of the molecule is O=C(O)CNC(=O)C1(c2ccc(CN3CCC[C@H](c4ccccc4)S3(=O)=O)c(F)c2)CCOCC1. The second-order valence-electron chi connectivity index (χ2n) is 9.00. The van der Waals surface area contributed by atoms with Gasteiger partial charge in [-0.25, -0.2) is 12.8 Å². The molecule has 2 aliphatic heterocycles. The summed E-state index contributed by atoms with van der Waals surface area (Å²) in [6, 6.07) is 13.5. The number of amides is 1. The smallest absolute Gasteiger partial charge is 0.322 e. The quantitative estimate of drug-likeness (QED) is 0.600. The molecule has 0 spiro atoms. The molecular weight excluding hydrogens is 475 g/mol. The van der Waals surface area contributed by atoms with E-state index < -0.39 is 44.9 Å². The number of carbonyl (C=O) groups is 2. The van der Waals surface area contributed by atoms with Crippen LogP contribution in [0.25, 0.3) is 0 Å². The molecule has 2 saturated heterocycles. The maximum atomic E-state index is 15.3. The van der Waals surface area contributed by atoms with Crippen molar-refractivity contribution in [1.82, 2.24) is 9.62 Å². The normalized spacial score (nSPS) is 21.8. The number of sulfonamides is 1. The summed E-state index contributed by atoms with van der Waals surface area (Å²) in [6.07, 6.45) is 1.76. The minimum absolute atomic E-state index is 0.0981. The van der Waals surface area contributed by atoms with E-state index in [2.05, 4.69) is 5.32 Å². The van der Waals surface area contributed by atoms with E-state index in [1.54, 1.807) is 30.3 Å². The fourth-order valence-corrected chi connectivity index (χ4v) is 6.97. The first-order valence-electron chi connectivity index (χ1n) is 11.6. The molecule has 0 radical (unpaired) electrons. The molecule has 1 atom stereocenters. The van der Waals surface area contributed by atoms with Crippen molar-refractivity contribution < 1.29 is 32.2 Å². The lowest BCUT2D eigenvalue weighted by Crippen LogP contribution is -2.49. The molecule has 2 N–H and O–H groups in total. The van der Waals surface area contributed by atoms with Crippen LogP contribution in [0, 0.1) is 5.82 Å². The van der Waals surface area contributed by atoms with E-state index in [0.29, 0.717) is 24.9 Å². The lowest BCUT2D eigenvalue weighted by molar-refractivity contribution is -0.139. The Morgan fingerprint density at radius 2 is 1.86 bits per heavy atom. The van der Waals surface area contributed by atoms with Crippen molar-refractivity contribution in [2.24, 2.45) is 0 Å². The van der Waals surface area contributed by atoms with Gasteiger partial charge < -0.3 is 15.2 Å². The number of carboxylic acids is 1. The van der Waals surface area contributed by atoms with E-state index in [9.17, 15) is 18.0 Å². The number of hydrogen-bond donors (Lipinski definition) is 2. The summed E-state index contributed by atoms with van der Waals surface area (Å²) < 4.78 is 48.6. The number of aliphatic carboxylic acids is 1. The number of nitrogens with zero attached hydrogens (tertiary/aromatic N) is 1. The highest BCUT2D eigenvalue weighted by atomic mass is 32.2. The van der Waals surface area contributed by atoms with Crippen LogP contribution in [0.1, 0.15) is 47.6 Å². The van der Waals surface area contributed by atoms with Crippen molar-refractivity contribution in [1.29, 1.82) is 0 Å². The number of carboxylic acid groups (broad SMARTS) is 1. The zero-order valence-electron chi connectivity index (χ0n) is 19.3. The lowest BCUT2D eigenvalue weighted by Gasteiger charge is -2.36. The summed E-state index contributed by atoms with van der Waals surface area (Å²) in [4.78, 5) is 23.9. The average Bonchev–Trinajstić information content (AvgIpc) is 2.85. The molecule has 0 unspecified atom stereocenters. The molecule has 2 aromatic carbocycles. The monoisotopic (exact) mass is 504 g/mol. The number of ether oxygens (including phenoxy) is 1. The lowest BCUT2D eigenvalue weighted by atomic mass is 9.73. The van der Waals surface area contributed by atoms with Crippen molar-refractivity contribution in [3.63, 3.8) is 0 Å². The first-order chi connectivity index (χ1) is 16.7. The van der Waals surface area contributed by atoms with Crippen LogP contribution in [0.3, 0.4) is 0 Å². The van der Waals surface area contributed by atoms with Gasteiger partial charge in [0.25, 0.3) is 0 Å². The average molecular weight is 505 g/mol. The Labute approximate surface area is 204 Å². The van der Waals surface area contributed by atoms with Gasteiger partial charge in [-0.05, 0) is 42.9 Å². The van der Waals surface area contributed by atoms with Crippen molar-refractivity contribution in [2.75, 3.05) is 26.3 Å². The Morgan fingerprint density at radius 3 is 2.51 bits per heavy atom. The van der Waals surface area contributed by atoms with Gasteiger partial charge in [0.2, 0.25) is 15.9 Å². The number of hydrogen-bond acceptors (Lipinski definition) is 5. The second kappa shape index (κ2) is 10.4. The Hall–Kier alpha value is -2.82. The highest BCUT2D eigenvalue weighted by Gasteiger charge is 2.42. The molecule has 188 valence electrons. The highest BCUT2D eigenvalue weighted by molar-refractivity contribution is 7.89. The molecule has 0 bridgehead atoms. The summed E-state index contributed by atoms with van der Waals surface area (Å²) >= 11 is 0. The van der Waals surface area contributed by atoms with Crippen LogP contribution < -0.4 is 5.32 Å². The van der Waals surface area contributed by atoms with E-state index >= 15 is 4.39 Å². The molecule has 0 saturated carbocycles. The van der Waals surface area contributed by atoms with Crippen molar-refractivity contribution in [2.45, 2.75) is 42.9 Å². The third-order valence-electron chi connectivity index (χ3n) is 6.90. The van der Waals surface area contributed by atoms with E-state index in [-0.39, 0.29) is 38.2 Å². The molecule has 0 aliphatic carbocycles. The van der Waals surface area contributed by atoms with Gasteiger partial charge in [0.15, 0.2) is 0 Å². The number of halogens is 1. The maximum absolute atomic E-state index is 15.3. The Bertz CT molecular complexity index is 1180. The van der Waals surface area contributed by atoms with Gasteiger partial charge in [0.1, 0.15) is 17.6 Å². The minimum Gasteiger partial charge on any atom is -0.480 e. The first-order valence-corrected chi connectivity index (χ1v) is 13.1.